The molecule has 2 saturated heterocycles. The van der Waals surface area contributed by atoms with Crippen molar-refractivity contribution in [3.8, 4) is 0 Å². The molecule has 0 saturated carbocycles. The molecule has 2 fully saturated rings. The highest BCUT2D eigenvalue weighted by Crippen LogP contribution is 2.19. The summed E-state index contributed by atoms with van der Waals surface area (Å²) in [5.74, 6) is 0.889. The summed E-state index contributed by atoms with van der Waals surface area (Å²) in [6.45, 7) is 5.63. The van der Waals surface area contributed by atoms with Gasteiger partial charge in [0.25, 0.3) is 11.8 Å². The van der Waals surface area contributed by atoms with Crippen molar-refractivity contribution in [2.45, 2.75) is 32.6 Å². The maximum absolute atomic E-state index is 12.5. The molecular weight excluding hydrogens is 276 g/mol. The van der Waals surface area contributed by atoms with E-state index in [1.54, 1.807) is 24.3 Å². The van der Waals surface area contributed by atoms with Crippen molar-refractivity contribution in [3.05, 3.63) is 35.4 Å². The van der Waals surface area contributed by atoms with Crippen molar-refractivity contribution >= 4 is 11.8 Å². The molecule has 2 aliphatic heterocycles. The standard InChI is InChI=1S/C18H24N2O2/c1-14-8-12-20(13-9-14)18(22)16-6-4-15(5-7-16)17(21)19-10-2-3-11-19/h4-7,14H,2-3,8-13H2,1H3. The van der Waals surface area contributed by atoms with Gasteiger partial charge in [0.1, 0.15) is 0 Å². The number of hydrogen-bond donors (Lipinski definition) is 0. The van der Waals surface area contributed by atoms with Crippen molar-refractivity contribution in [1.82, 2.24) is 9.80 Å². The van der Waals surface area contributed by atoms with E-state index in [0.29, 0.717) is 17.0 Å². The monoisotopic (exact) mass is 300 g/mol. The van der Waals surface area contributed by atoms with Crippen LogP contribution in [0.25, 0.3) is 0 Å². The van der Waals surface area contributed by atoms with Crippen LogP contribution in [0.2, 0.25) is 0 Å². The molecule has 22 heavy (non-hydrogen) atoms. The molecule has 0 bridgehead atoms. The summed E-state index contributed by atoms with van der Waals surface area (Å²) in [4.78, 5) is 28.6. The minimum atomic E-state index is 0.0864. The molecule has 0 unspecified atom stereocenters. The van der Waals surface area contributed by atoms with Crippen LogP contribution < -0.4 is 0 Å². The molecule has 0 N–H and O–H groups in total. The summed E-state index contributed by atoms with van der Waals surface area (Å²) in [6, 6.07) is 7.17. The van der Waals surface area contributed by atoms with Gasteiger partial charge >= 0.3 is 0 Å². The SMILES string of the molecule is CC1CCN(C(=O)c2ccc(C(=O)N3CCCC3)cc2)CC1. The lowest BCUT2D eigenvalue weighted by molar-refractivity contribution is 0.0695. The van der Waals surface area contributed by atoms with Crippen LogP contribution in [0.3, 0.4) is 0 Å². The number of hydrogen-bond acceptors (Lipinski definition) is 2. The quantitative estimate of drug-likeness (QED) is 0.842. The van der Waals surface area contributed by atoms with Crippen molar-refractivity contribution in [3.63, 3.8) is 0 Å². The first kappa shape index (κ1) is 15.1. The summed E-state index contributed by atoms with van der Waals surface area (Å²) in [5, 5.41) is 0. The third-order valence-electron chi connectivity index (χ3n) is 4.84. The number of likely N-dealkylation sites (tertiary alicyclic amines) is 2. The molecule has 0 atom stereocenters. The highest BCUT2D eigenvalue weighted by Gasteiger charge is 2.23. The highest BCUT2D eigenvalue weighted by atomic mass is 16.2. The summed E-state index contributed by atoms with van der Waals surface area (Å²) >= 11 is 0. The molecule has 0 aromatic heterocycles. The van der Waals surface area contributed by atoms with E-state index in [9.17, 15) is 9.59 Å². The molecule has 0 spiro atoms. The zero-order valence-electron chi connectivity index (χ0n) is 13.3. The van der Waals surface area contributed by atoms with Gasteiger partial charge in [0, 0.05) is 37.3 Å². The minimum absolute atomic E-state index is 0.0864. The number of carbonyl (C=O) groups is 2. The molecule has 2 heterocycles. The van der Waals surface area contributed by atoms with Crippen molar-refractivity contribution in [2.24, 2.45) is 5.92 Å². The average molecular weight is 300 g/mol. The number of nitrogens with zero attached hydrogens (tertiary/aromatic N) is 2. The van der Waals surface area contributed by atoms with Gasteiger partial charge < -0.3 is 9.80 Å². The van der Waals surface area contributed by atoms with Crippen LogP contribution in [0.15, 0.2) is 24.3 Å². The van der Waals surface area contributed by atoms with E-state index in [1.165, 1.54) is 0 Å². The molecule has 1 aromatic carbocycles. The Bertz CT molecular complexity index is 539. The first-order valence-corrected chi connectivity index (χ1v) is 8.34. The molecule has 4 nitrogen and oxygen atoms in total. The van der Waals surface area contributed by atoms with Crippen molar-refractivity contribution in [2.75, 3.05) is 26.2 Å². The molecule has 2 aliphatic rings. The van der Waals surface area contributed by atoms with Crippen LogP contribution in [-0.4, -0.2) is 47.8 Å². The molecule has 0 radical (unpaired) electrons. The van der Waals surface area contributed by atoms with Crippen molar-refractivity contribution < 1.29 is 9.59 Å². The predicted molar refractivity (Wildman–Crippen MR) is 85.9 cm³/mol. The Morgan fingerprint density at radius 3 is 1.68 bits per heavy atom. The number of rotatable bonds is 2. The lowest BCUT2D eigenvalue weighted by atomic mass is 9.98. The first-order chi connectivity index (χ1) is 10.6. The normalized spacial score (nSPS) is 19.5. The van der Waals surface area contributed by atoms with Crippen LogP contribution >= 0.6 is 0 Å². The van der Waals surface area contributed by atoms with Crippen LogP contribution in [0.4, 0.5) is 0 Å². The van der Waals surface area contributed by atoms with Gasteiger partial charge in [0.05, 0.1) is 0 Å². The summed E-state index contributed by atoms with van der Waals surface area (Å²) in [5.41, 5.74) is 1.37. The van der Waals surface area contributed by atoms with Gasteiger partial charge in [-0.2, -0.15) is 0 Å². The Hall–Kier alpha value is -1.84. The predicted octanol–water partition coefficient (Wildman–Crippen LogP) is 2.79. The van der Waals surface area contributed by atoms with E-state index < -0.39 is 0 Å². The largest absolute Gasteiger partial charge is 0.339 e. The lowest BCUT2D eigenvalue weighted by Gasteiger charge is -2.30. The van der Waals surface area contributed by atoms with Crippen LogP contribution in [0, 0.1) is 5.92 Å². The van der Waals surface area contributed by atoms with E-state index in [1.807, 2.05) is 9.80 Å². The van der Waals surface area contributed by atoms with Gasteiger partial charge in [0.15, 0.2) is 0 Å². The van der Waals surface area contributed by atoms with Gasteiger partial charge in [-0.05, 0) is 55.9 Å². The number of piperidine rings is 1. The Labute approximate surface area is 132 Å². The first-order valence-electron chi connectivity index (χ1n) is 8.34. The zero-order chi connectivity index (χ0) is 15.5. The van der Waals surface area contributed by atoms with Crippen molar-refractivity contribution in [1.29, 1.82) is 0 Å². The topological polar surface area (TPSA) is 40.6 Å². The number of benzene rings is 1. The minimum Gasteiger partial charge on any atom is -0.339 e. The molecule has 1 aromatic rings. The molecule has 2 amide bonds. The number of carbonyl (C=O) groups excluding carboxylic acids is 2. The van der Waals surface area contributed by atoms with E-state index in [-0.39, 0.29) is 11.8 Å². The van der Waals surface area contributed by atoms with Gasteiger partial charge in [-0.25, -0.2) is 0 Å². The third kappa shape index (κ3) is 3.16. The second-order valence-electron chi connectivity index (χ2n) is 6.55. The fourth-order valence-electron chi connectivity index (χ4n) is 3.25. The van der Waals surface area contributed by atoms with E-state index in [4.69, 9.17) is 0 Å². The van der Waals surface area contributed by atoms with E-state index >= 15 is 0 Å². The van der Waals surface area contributed by atoms with Gasteiger partial charge in [-0.3, -0.25) is 9.59 Å². The Balaban J connectivity index is 1.65. The second kappa shape index (κ2) is 6.51. The molecular formula is C18H24N2O2. The molecule has 0 aliphatic carbocycles. The zero-order valence-corrected chi connectivity index (χ0v) is 13.3. The van der Waals surface area contributed by atoms with Crippen LogP contribution in [-0.2, 0) is 0 Å². The fourth-order valence-corrected chi connectivity index (χ4v) is 3.25. The van der Waals surface area contributed by atoms with E-state index in [2.05, 4.69) is 6.92 Å². The maximum atomic E-state index is 12.5. The van der Waals surface area contributed by atoms with Crippen LogP contribution in [0.5, 0.6) is 0 Å². The molecule has 118 valence electrons. The fraction of sp³-hybridized carbons (Fsp3) is 0.556. The van der Waals surface area contributed by atoms with Crippen LogP contribution in [0.1, 0.15) is 53.3 Å². The second-order valence-corrected chi connectivity index (χ2v) is 6.55. The summed E-state index contributed by atoms with van der Waals surface area (Å²) in [6.07, 6.45) is 4.35. The third-order valence-corrected chi connectivity index (χ3v) is 4.84. The molecule has 3 rings (SSSR count). The lowest BCUT2D eigenvalue weighted by Crippen LogP contribution is -2.37. The average Bonchev–Trinajstić information content (AvgIpc) is 3.09. The smallest absolute Gasteiger partial charge is 0.253 e. The molecule has 4 heteroatoms. The van der Waals surface area contributed by atoms with Gasteiger partial charge in [-0.15, -0.1) is 0 Å². The Morgan fingerprint density at radius 2 is 1.23 bits per heavy atom. The Morgan fingerprint density at radius 1 is 0.818 bits per heavy atom. The summed E-state index contributed by atoms with van der Waals surface area (Å²) < 4.78 is 0. The van der Waals surface area contributed by atoms with E-state index in [0.717, 1.165) is 51.9 Å². The van der Waals surface area contributed by atoms with Gasteiger partial charge in [-0.1, -0.05) is 6.92 Å². The van der Waals surface area contributed by atoms with Gasteiger partial charge in [0.2, 0.25) is 0 Å². The number of amides is 2. The maximum Gasteiger partial charge on any atom is 0.253 e. The Kier molecular flexibility index (Phi) is 4.46. The summed E-state index contributed by atoms with van der Waals surface area (Å²) in [7, 11) is 0. The highest BCUT2D eigenvalue weighted by molar-refractivity contribution is 5.98.